The second-order valence-corrected chi connectivity index (χ2v) is 8.44. The maximum atomic E-state index is 14.0. The summed E-state index contributed by atoms with van der Waals surface area (Å²) in [5, 5.41) is 23.5. The number of nitrogens with zero attached hydrogens (tertiary/aromatic N) is 4. The molecule has 0 unspecified atom stereocenters. The monoisotopic (exact) mass is 491 g/mol. The predicted molar refractivity (Wildman–Crippen MR) is 128 cm³/mol. The molecule has 0 spiro atoms. The Balaban J connectivity index is 1.54. The predicted octanol–water partition coefficient (Wildman–Crippen LogP) is 5.39. The van der Waals surface area contributed by atoms with Crippen LogP contribution in [0.25, 0.3) is 11.3 Å². The molecule has 1 aliphatic rings. The van der Waals surface area contributed by atoms with Crippen molar-refractivity contribution in [3.05, 3.63) is 93.8 Å². The summed E-state index contributed by atoms with van der Waals surface area (Å²) in [6.07, 6.45) is -0.867. The number of non-ortho nitro benzene ring substituents is 1. The number of nitro groups is 1. The lowest BCUT2D eigenvalue weighted by Gasteiger charge is -2.21. The molecule has 176 valence electrons. The van der Waals surface area contributed by atoms with Gasteiger partial charge in [-0.25, -0.2) is 4.39 Å². The molecule has 0 amide bonds. The number of ether oxygens (including phenoxy) is 2. The minimum atomic E-state index is -0.867. The van der Waals surface area contributed by atoms with Gasteiger partial charge in [0.1, 0.15) is 11.6 Å². The zero-order chi connectivity index (χ0) is 24.4. The molecule has 11 heteroatoms. The topological polar surface area (TPSA) is 112 Å². The number of benzene rings is 3. The Hall–Kier alpha value is -4.25. The van der Waals surface area contributed by atoms with E-state index in [9.17, 15) is 14.5 Å². The number of para-hydroxylation sites is 1. The van der Waals surface area contributed by atoms with Crippen LogP contribution in [0.1, 0.15) is 17.4 Å². The lowest BCUT2D eigenvalue weighted by Crippen LogP contribution is -2.18. The van der Waals surface area contributed by atoms with E-state index in [0.29, 0.717) is 44.7 Å². The first kappa shape index (κ1) is 22.5. The third-order valence-electron chi connectivity index (χ3n) is 5.35. The number of fused-ring (bicyclic) bond motifs is 3. The quantitative estimate of drug-likeness (QED) is 0.215. The van der Waals surface area contributed by atoms with Crippen molar-refractivity contribution in [3.8, 4) is 22.9 Å². The fraction of sp³-hybridized carbons (Fsp3) is 0.125. The van der Waals surface area contributed by atoms with Crippen molar-refractivity contribution >= 4 is 23.1 Å². The average molecular weight is 492 g/mol. The van der Waals surface area contributed by atoms with Crippen molar-refractivity contribution in [3.63, 3.8) is 0 Å². The number of methoxy groups -OCH3 is 1. The van der Waals surface area contributed by atoms with Crippen LogP contribution in [0.5, 0.6) is 11.6 Å². The van der Waals surface area contributed by atoms with Gasteiger partial charge in [-0.05, 0) is 23.8 Å². The molecule has 2 heterocycles. The molecule has 1 aromatic heterocycles. The molecule has 1 atom stereocenters. The van der Waals surface area contributed by atoms with Gasteiger partial charge in [-0.2, -0.15) is 4.98 Å². The van der Waals surface area contributed by atoms with Crippen LogP contribution in [0.4, 0.5) is 15.8 Å². The van der Waals surface area contributed by atoms with Gasteiger partial charge in [-0.1, -0.05) is 48.2 Å². The smallest absolute Gasteiger partial charge is 0.270 e. The molecule has 35 heavy (non-hydrogen) atoms. The summed E-state index contributed by atoms with van der Waals surface area (Å²) in [6.45, 7) is 0. The van der Waals surface area contributed by atoms with Crippen LogP contribution >= 0.6 is 11.8 Å². The van der Waals surface area contributed by atoms with Gasteiger partial charge < -0.3 is 14.8 Å². The highest BCUT2D eigenvalue weighted by Gasteiger charge is 2.29. The van der Waals surface area contributed by atoms with E-state index in [1.807, 2.05) is 24.3 Å². The maximum absolute atomic E-state index is 14.0. The van der Waals surface area contributed by atoms with Crippen LogP contribution in [0.3, 0.4) is 0 Å². The molecular weight excluding hydrogens is 473 g/mol. The Bertz CT molecular complexity index is 1420. The third kappa shape index (κ3) is 4.58. The number of hydrogen-bond donors (Lipinski definition) is 1. The summed E-state index contributed by atoms with van der Waals surface area (Å²) in [5.41, 5.74) is 2.64. The number of hydrogen-bond acceptors (Lipinski definition) is 9. The lowest BCUT2D eigenvalue weighted by molar-refractivity contribution is -0.385. The van der Waals surface area contributed by atoms with Crippen LogP contribution in [-0.4, -0.2) is 27.2 Å². The highest BCUT2D eigenvalue weighted by Crippen LogP contribution is 2.41. The number of thioether (sulfide) groups is 1. The maximum Gasteiger partial charge on any atom is 0.270 e. The molecule has 1 N–H and O–H groups in total. The minimum absolute atomic E-state index is 0.106. The van der Waals surface area contributed by atoms with E-state index in [1.165, 1.54) is 43.1 Å². The van der Waals surface area contributed by atoms with Crippen molar-refractivity contribution in [2.75, 3.05) is 12.4 Å². The van der Waals surface area contributed by atoms with Gasteiger partial charge >= 0.3 is 0 Å². The first-order valence-corrected chi connectivity index (χ1v) is 11.5. The number of aromatic nitrogens is 3. The van der Waals surface area contributed by atoms with Gasteiger partial charge in [0.25, 0.3) is 5.69 Å². The molecule has 0 bridgehead atoms. The Morgan fingerprint density at radius 2 is 1.94 bits per heavy atom. The van der Waals surface area contributed by atoms with Crippen LogP contribution in [-0.2, 0) is 5.75 Å². The first-order valence-electron chi connectivity index (χ1n) is 10.5. The first-order chi connectivity index (χ1) is 17.0. The minimum Gasteiger partial charge on any atom is -0.496 e. The highest BCUT2D eigenvalue weighted by molar-refractivity contribution is 7.98. The number of anilines is 1. The molecule has 9 nitrogen and oxygen atoms in total. The zero-order valence-electron chi connectivity index (χ0n) is 18.3. The molecular formula is C24H18FN5O4S. The summed E-state index contributed by atoms with van der Waals surface area (Å²) >= 11 is 1.22. The second-order valence-electron chi connectivity index (χ2n) is 7.50. The molecule has 3 aromatic carbocycles. The standard InChI is InChI=1S/C24H18FN5O4S/c1-33-20-11-10-15(30(31)32)12-17(20)22-26-19-9-5-3-7-16(19)21-23(34-22)27-24(29-28-21)35-13-14-6-2-4-8-18(14)25/h2-12,22,26H,13H2,1H3/t22-/m1/s1. The zero-order valence-corrected chi connectivity index (χ0v) is 19.2. The summed E-state index contributed by atoms with van der Waals surface area (Å²) in [7, 11) is 1.48. The summed E-state index contributed by atoms with van der Waals surface area (Å²) < 4.78 is 25.7. The molecule has 0 saturated heterocycles. The van der Waals surface area contributed by atoms with Gasteiger partial charge in [-0.15, -0.1) is 10.2 Å². The third-order valence-corrected chi connectivity index (χ3v) is 6.24. The highest BCUT2D eigenvalue weighted by atomic mass is 32.2. The van der Waals surface area contributed by atoms with Gasteiger partial charge in [0.2, 0.25) is 17.3 Å². The van der Waals surface area contributed by atoms with Crippen LogP contribution < -0.4 is 14.8 Å². The fourth-order valence-electron chi connectivity index (χ4n) is 3.65. The second kappa shape index (κ2) is 9.55. The van der Waals surface area contributed by atoms with E-state index >= 15 is 0 Å². The van der Waals surface area contributed by atoms with Crippen molar-refractivity contribution < 1.29 is 18.8 Å². The van der Waals surface area contributed by atoms with Crippen molar-refractivity contribution in [1.82, 2.24) is 15.2 Å². The SMILES string of the molecule is COc1ccc([N+](=O)[O-])cc1[C@@H]1Nc2ccccc2-c2nnc(SCc3ccccc3F)nc2O1. The van der Waals surface area contributed by atoms with E-state index in [0.717, 1.165) is 0 Å². The van der Waals surface area contributed by atoms with E-state index in [4.69, 9.17) is 9.47 Å². The fourth-order valence-corrected chi connectivity index (χ4v) is 4.41. The van der Waals surface area contributed by atoms with Gasteiger partial charge in [0.15, 0.2) is 5.69 Å². The van der Waals surface area contributed by atoms with E-state index in [1.54, 1.807) is 18.2 Å². The van der Waals surface area contributed by atoms with Crippen LogP contribution in [0.15, 0.2) is 71.9 Å². The molecule has 0 radical (unpaired) electrons. The summed E-state index contributed by atoms with van der Waals surface area (Å²) in [4.78, 5) is 15.5. The Labute approximate surface area is 203 Å². The summed E-state index contributed by atoms with van der Waals surface area (Å²) in [5.74, 6) is 0.594. The Kier molecular flexibility index (Phi) is 6.15. The summed E-state index contributed by atoms with van der Waals surface area (Å²) in [6, 6.07) is 18.1. The van der Waals surface area contributed by atoms with E-state index in [-0.39, 0.29) is 17.4 Å². The van der Waals surface area contributed by atoms with Gasteiger partial charge in [0.05, 0.1) is 17.6 Å². The average Bonchev–Trinajstić information content (AvgIpc) is 3.04. The molecule has 5 rings (SSSR count). The number of nitro benzene ring substituents is 1. The molecule has 4 aromatic rings. The molecule has 1 aliphatic heterocycles. The van der Waals surface area contributed by atoms with Crippen molar-refractivity contribution in [1.29, 1.82) is 0 Å². The largest absolute Gasteiger partial charge is 0.496 e. The van der Waals surface area contributed by atoms with E-state index < -0.39 is 11.2 Å². The van der Waals surface area contributed by atoms with Crippen molar-refractivity contribution in [2.45, 2.75) is 17.1 Å². The Morgan fingerprint density at radius 3 is 2.74 bits per heavy atom. The number of nitrogens with one attached hydrogen (secondary N) is 1. The van der Waals surface area contributed by atoms with Crippen molar-refractivity contribution in [2.24, 2.45) is 0 Å². The van der Waals surface area contributed by atoms with Gasteiger partial charge in [-0.3, -0.25) is 10.1 Å². The van der Waals surface area contributed by atoms with E-state index in [2.05, 4.69) is 20.5 Å². The lowest BCUT2D eigenvalue weighted by atomic mass is 10.1. The molecule has 0 saturated carbocycles. The van der Waals surface area contributed by atoms with Crippen LogP contribution in [0.2, 0.25) is 0 Å². The normalized spacial score (nSPS) is 14.1. The number of rotatable bonds is 6. The van der Waals surface area contributed by atoms with Crippen LogP contribution in [0, 0.1) is 15.9 Å². The van der Waals surface area contributed by atoms with Gasteiger partial charge in [0, 0.05) is 29.1 Å². The molecule has 0 aliphatic carbocycles. The molecule has 0 fully saturated rings. The number of halogens is 1. The Morgan fingerprint density at radius 1 is 1.14 bits per heavy atom.